The van der Waals surface area contributed by atoms with E-state index in [2.05, 4.69) is 115 Å². The average molecular weight is 367 g/mol. The molecule has 0 atom stereocenters. The third-order valence-corrected chi connectivity index (χ3v) is 6.24. The molecule has 0 N–H and O–H groups in total. The number of hydrogen-bond donors (Lipinski definition) is 0. The van der Waals surface area contributed by atoms with Crippen molar-refractivity contribution in [3.05, 3.63) is 144 Å². The maximum Gasteiger partial charge on any atom is 0.0725 e. The van der Waals surface area contributed by atoms with Crippen LogP contribution in [0.3, 0.4) is 0 Å². The number of hydrogen-bond acceptors (Lipinski definition) is 0. The molecule has 0 aliphatic heterocycles. The molecule has 5 aromatic carbocycles. The molecule has 0 unspecified atom stereocenters. The first-order valence-corrected chi connectivity index (χ1v) is 10.1. The summed E-state index contributed by atoms with van der Waals surface area (Å²) in [4.78, 5) is 0. The molecule has 0 saturated heterocycles. The summed E-state index contributed by atoms with van der Waals surface area (Å²) in [6, 6.07) is 45.1. The van der Waals surface area contributed by atoms with Gasteiger partial charge >= 0.3 is 0 Å². The first-order valence-electron chi connectivity index (χ1n) is 10.1. The number of benzene rings is 5. The molecule has 1 radical (unpaired) electrons. The van der Waals surface area contributed by atoms with Crippen LogP contribution in [0.5, 0.6) is 0 Å². The number of fused-ring (bicyclic) bond motifs is 5. The highest BCUT2D eigenvalue weighted by Crippen LogP contribution is 2.57. The highest BCUT2D eigenvalue weighted by Gasteiger charge is 2.46. The predicted octanol–water partition coefficient (Wildman–Crippen LogP) is 7.00. The predicted molar refractivity (Wildman–Crippen MR) is 120 cm³/mol. The van der Waals surface area contributed by atoms with Crippen LogP contribution in [-0.2, 0) is 5.41 Å². The van der Waals surface area contributed by atoms with E-state index in [1.807, 2.05) is 6.07 Å². The molecule has 0 bridgehead atoms. The fraction of sp³-hybridized carbons (Fsp3) is 0.0345. The monoisotopic (exact) mass is 367 g/mol. The van der Waals surface area contributed by atoms with Crippen molar-refractivity contribution in [3.8, 4) is 11.1 Å². The zero-order valence-corrected chi connectivity index (χ0v) is 16.0. The maximum absolute atomic E-state index is 3.65. The van der Waals surface area contributed by atoms with Crippen LogP contribution in [0.2, 0.25) is 0 Å². The highest BCUT2D eigenvalue weighted by atomic mass is 14.5. The van der Waals surface area contributed by atoms with E-state index in [1.54, 1.807) is 0 Å². The second-order valence-corrected chi connectivity index (χ2v) is 7.65. The van der Waals surface area contributed by atoms with Gasteiger partial charge in [0.15, 0.2) is 0 Å². The highest BCUT2D eigenvalue weighted by molar-refractivity contribution is 6.00. The summed E-state index contributed by atoms with van der Waals surface area (Å²) in [5, 5.41) is 2.58. The van der Waals surface area contributed by atoms with Gasteiger partial charge in [-0.15, -0.1) is 0 Å². The Morgan fingerprint density at radius 3 is 1.90 bits per heavy atom. The fourth-order valence-electron chi connectivity index (χ4n) is 5.12. The minimum absolute atomic E-state index is 0.380. The van der Waals surface area contributed by atoms with Crippen LogP contribution in [0.4, 0.5) is 0 Å². The Morgan fingerprint density at radius 2 is 1.17 bits per heavy atom. The topological polar surface area (TPSA) is 0 Å². The molecule has 29 heavy (non-hydrogen) atoms. The maximum atomic E-state index is 3.65. The van der Waals surface area contributed by atoms with Crippen molar-refractivity contribution in [1.82, 2.24) is 0 Å². The molecule has 0 heteroatoms. The first kappa shape index (κ1) is 16.3. The molecule has 1 aliphatic carbocycles. The van der Waals surface area contributed by atoms with E-state index in [0.717, 1.165) is 0 Å². The minimum Gasteiger partial charge on any atom is -0.0622 e. The van der Waals surface area contributed by atoms with Gasteiger partial charge in [0.05, 0.1) is 5.41 Å². The lowest BCUT2D eigenvalue weighted by Gasteiger charge is -2.34. The number of rotatable bonds is 2. The van der Waals surface area contributed by atoms with Gasteiger partial charge in [0.1, 0.15) is 0 Å². The molecule has 5 aromatic rings. The standard InChI is InChI=1S/C29H19/c1-3-12-22(13-4-1)29(23-14-5-2-6-15-23)27-18-10-9-17-25(27)26-20-19-21-11-7-8-16-24(21)28(26)29/h1-17,19-20H. The summed E-state index contributed by atoms with van der Waals surface area (Å²) in [6.07, 6.45) is 0. The quantitative estimate of drug-likeness (QED) is 0.309. The molecule has 0 amide bonds. The summed E-state index contributed by atoms with van der Waals surface area (Å²) < 4.78 is 0. The summed E-state index contributed by atoms with van der Waals surface area (Å²) >= 11 is 0. The van der Waals surface area contributed by atoms with Crippen molar-refractivity contribution < 1.29 is 0 Å². The van der Waals surface area contributed by atoms with E-state index >= 15 is 0 Å². The fourth-order valence-corrected chi connectivity index (χ4v) is 5.12. The molecule has 0 nitrogen and oxygen atoms in total. The Labute approximate surface area is 171 Å². The van der Waals surface area contributed by atoms with Gasteiger partial charge in [-0.05, 0) is 50.2 Å². The third-order valence-electron chi connectivity index (χ3n) is 6.24. The van der Waals surface area contributed by atoms with Crippen molar-refractivity contribution in [2.45, 2.75) is 5.41 Å². The van der Waals surface area contributed by atoms with Crippen LogP contribution in [0.15, 0.2) is 115 Å². The Morgan fingerprint density at radius 1 is 0.517 bits per heavy atom. The molecular formula is C29H19. The van der Waals surface area contributed by atoms with Crippen LogP contribution >= 0.6 is 0 Å². The van der Waals surface area contributed by atoms with E-state index in [4.69, 9.17) is 0 Å². The van der Waals surface area contributed by atoms with Crippen molar-refractivity contribution in [1.29, 1.82) is 0 Å². The lowest BCUT2D eigenvalue weighted by Crippen LogP contribution is -2.28. The van der Waals surface area contributed by atoms with Gasteiger partial charge in [-0.3, -0.25) is 0 Å². The van der Waals surface area contributed by atoms with Crippen LogP contribution in [0.25, 0.3) is 21.9 Å². The van der Waals surface area contributed by atoms with Crippen molar-refractivity contribution in [3.63, 3.8) is 0 Å². The second-order valence-electron chi connectivity index (χ2n) is 7.65. The summed E-state index contributed by atoms with van der Waals surface area (Å²) in [5.41, 5.74) is 7.38. The second kappa shape index (κ2) is 6.18. The lowest BCUT2D eigenvalue weighted by molar-refractivity contribution is 0.774. The SMILES string of the molecule is [c]1cccc2c1C(c1ccccc1)(c1ccccc1)c1c-2ccc2ccccc12. The minimum atomic E-state index is -0.380. The zero-order chi connectivity index (χ0) is 19.3. The molecule has 0 fully saturated rings. The molecule has 0 spiro atoms. The Kier molecular flexibility index (Phi) is 3.48. The Balaban J connectivity index is 1.88. The summed E-state index contributed by atoms with van der Waals surface area (Å²) in [5.74, 6) is 0. The average Bonchev–Trinajstić information content (AvgIpc) is 3.12. The van der Waals surface area contributed by atoms with Crippen molar-refractivity contribution in [2.24, 2.45) is 0 Å². The van der Waals surface area contributed by atoms with Gasteiger partial charge in [0, 0.05) is 0 Å². The van der Waals surface area contributed by atoms with Crippen molar-refractivity contribution >= 4 is 10.8 Å². The van der Waals surface area contributed by atoms with Gasteiger partial charge < -0.3 is 0 Å². The third kappa shape index (κ3) is 2.14. The Bertz CT molecular complexity index is 1290. The molecular weight excluding hydrogens is 348 g/mol. The van der Waals surface area contributed by atoms with Gasteiger partial charge in [-0.1, -0.05) is 115 Å². The van der Waals surface area contributed by atoms with Gasteiger partial charge in [0.25, 0.3) is 0 Å². The smallest absolute Gasteiger partial charge is 0.0622 e. The largest absolute Gasteiger partial charge is 0.0725 e. The van der Waals surface area contributed by atoms with E-state index in [-0.39, 0.29) is 5.41 Å². The van der Waals surface area contributed by atoms with E-state index in [0.29, 0.717) is 0 Å². The van der Waals surface area contributed by atoms with E-state index in [9.17, 15) is 0 Å². The van der Waals surface area contributed by atoms with Gasteiger partial charge in [-0.25, -0.2) is 0 Å². The van der Waals surface area contributed by atoms with E-state index < -0.39 is 0 Å². The molecule has 1 aliphatic rings. The van der Waals surface area contributed by atoms with Gasteiger partial charge in [-0.2, -0.15) is 0 Å². The van der Waals surface area contributed by atoms with Crippen LogP contribution in [0, 0.1) is 6.07 Å². The normalized spacial score (nSPS) is 13.8. The van der Waals surface area contributed by atoms with Crippen molar-refractivity contribution in [2.75, 3.05) is 0 Å². The summed E-state index contributed by atoms with van der Waals surface area (Å²) in [6.45, 7) is 0. The van der Waals surface area contributed by atoms with Crippen LogP contribution in [-0.4, -0.2) is 0 Å². The lowest BCUT2D eigenvalue weighted by atomic mass is 9.67. The van der Waals surface area contributed by atoms with Crippen LogP contribution in [0.1, 0.15) is 22.3 Å². The molecule has 0 saturated carbocycles. The molecule has 6 rings (SSSR count). The Hall–Kier alpha value is -3.64. The van der Waals surface area contributed by atoms with E-state index in [1.165, 1.54) is 44.2 Å². The molecule has 0 aromatic heterocycles. The summed E-state index contributed by atoms with van der Waals surface area (Å²) in [7, 11) is 0. The van der Waals surface area contributed by atoms with Crippen LogP contribution < -0.4 is 0 Å². The zero-order valence-electron chi connectivity index (χ0n) is 16.0. The van der Waals surface area contributed by atoms with Gasteiger partial charge in [0.2, 0.25) is 0 Å². The molecule has 0 heterocycles. The first-order chi connectivity index (χ1) is 14.4. The molecule has 135 valence electrons.